The van der Waals surface area contributed by atoms with Crippen LogP contribution in [0.5, 0.6) is 23.0 Å². The van der Waals surface area contributed by atoms with E-state index in [1.165, 1.54) is 14.2 Å². The van der Waals surface area contributed by atoms with Gasteiger partial charge in [0, 0.05) is 37.0 Å². The van der Waals surface area contributed by atoms with Crippen LogP contribution in [0.1, 0.15) is 108 Å². The van der Waals surface area contributed by atoms with Crippen LogP contribution >= 0.6 is 0 Å². The zero-order chi connectivity index (χ0) is 43.9. The Morgan fingerprint density at radius 1 is 0.780 bits per heavy atom. The molecule has 2 aromatic carbocycles. The number of nitrogens with one attached hydrogen (secondary N) is 1. The Morgan fingerprint density at radius 3 is 1.81 bits per heavy atom. The van der Waals surface area contributed by atoms with Crippen molar-refractivity contribution in [2.24, 2.45) is 0 Å². The number of ether oxygens (including phenoxy) is 5. The molecule has 0 unspecified atom stereocenters. The van der Waals surface area contributed by atoms with Gasteiger partial charge in [-0.25, -0.2) is 4.79 Å². The molecule has 2 aliphatic heterocycles. The van der Waals surface area contributed by atoms with E-state index in [0.717, 1.165) is 30.4 Å². The molecule has 2 aliphatic rings. The lowest BCUT2D eigenvalue weighted by molar-refractivity contribution is 0.0634. The van der Waals surface area contributed by atoms with Gasteiger partial charge >= 0.3 is 6.09 Å². The van der Waals surface area contributed by atoms with E-state index in [1.54, 1.807) is 49.9 Å². The third kappa shape index (κ3) is 12.2. The first-order chi connectivity index (χ1) is 27.6. The Bertz CT molecular complexity index is 1870. The van der Waals surface area contributed by atoms with Crippen LogP contribution in [-0.2, 0) is 9.16 Å². The van der Waals surface area contributed by atoms with Crippen molar-refractivity contribution >= 4 is 37.6 Å². The standard InChI is InChI=1S/C45H68N4O9Si/c1-14-31-20-29(2)26-48(31)41(50)33-22-37(53-10)39(24-35(33)46)55-18-16-15-17-19-56-40-25-36(47-43(52)58-44(4,5)6)34(23-38(40)54-11)42(51)49-27-30(3)21-32(49)28-57-59(12,13)45(7,8)9/h22-25,31-32H,2-3,14-21,26-28,46H2,1,4-13H3,(H,47,52)/t31-,32+/m1/s1. The first-order valence-corrected chi connectivity index (χ1v) is 23.5. The number of benzene rings is 2. The summed E-state index contributed by atoms with van der Waals surface area (Å²) >= 11 is 0. The predicted molar refractivity (Wildman–Crippen MR) is 236 cm³/mol. The number of nitrogen functional groups attached to an aromatic ring is 1. The van der Waals surface area contributed by atoms with Gasteiger partial charge in [-0.1, -0.05) is 52.0 Å². The maximum Gasteiger partial charge on any atom is 0.412 e. The van der Waals surface area contributed by atoms with Crippen molar-refractivity contribution < 1.29 is 42.5 Å². The van der Waals surface area contributed by atoms with E-state index in [1.807, 2.05) is 4.90 Å². The average Bonchev–Trinajstić information content (AvgIpc) is 3.73. The number of carbonyl (C=O) groups is 3. The molecule has 326 valence electrons. The number of nitrogens with two attached hydrogens (primary N) is 1. The molecule has 0 aliphatic carbocycles. The topological polar surface area (TPSA) is 151 Å². The van der Waals surface area contributed by atoms with Crippen LogP contribution < -0.4 is 30.0 Å². The number of amides is 3. The minimum absolute atomic E-state index is 0.0153. The van der Waals surface area contributed by atoms with Crippen LogP contribution in [0.4, 0.5) is 16.2 Å². The van der Waals surface area contributed by atoms with Crippen molar-refractivity contribution in [3.63, 3.8) is 0 Å². The summed E-state index contributed by atoms with van der Waals surface area (Å²) in [7, 11) is 0.963. The molecule has 3 amide bonds. The maximum absolute atomic E-state index is 14.4. The number of unbranched alkanes of at least 4 members (excludes halogenated alkanes) is 2. The fourth-order valence-corrected chi connectivity index (χ4v) is 7.92. The van der Waals surface area contributed by atoms with E-state index in [4.69, 9.17) is 33.8 Å². The van der Waals surface area contributed by atoms with E-state index in [0.29, 0.717) is 86.4 Å². The van der Waals surface area contributed by atoms with Crippen molar-refractivity contribution in [3.8, 4) is 23.0 Å². The molecule has 14 heteroatoms. The lowest BCUT2D eigenvalue weighted by Crippen LogP contribution is -2.46. The van der Waals surface area contributed by atoms with Gasteiger partial charge in [-0.15, -0.1) is 0 Å². The van der Waals surface area contributed by atoms with Crippen LogP contribution in [0.2, 0.25) is 18.1 Å². The van der Waals surface area contributed by atoms with E-state index in [-0.39, 0.29) is 40.2 Å². The monoisotopic (exact) mass is 836 g/mol. The number of nitrogens with zero attached hydrogens (tertiary/aromatic N) is 2. The molecule has 0 aromatic heterocycles. The number of anilines is 2. The Kier molecular flexibility index (Phi) is 15.6. The van der Waals surface area contributed by atoms with Gasteiger partial charge in [-0.05, 0) is 89.6 Å². The van der Waals surface area contributed by atoms with Crippen LogP contribution in [0.25, 0.3) is 0 Å². The van der Waals surface area contributed by atoms with Gasteiger partial charge in [0.05, 0.1) is 56.9 Å². The molecular weight excluding hydrogens is 769 g/mol. The van der Waals surface area contributed by atoms with E-state index >= 15 is 0 Å². The van der Waals surface area contributed by atoms with Gasteiger partial charge in [0.25, 0.3) is 11.8 Å². The number of methoxy groups -OCH3 is 2. The van der Waals surface area contributed by atoms with Gasteiger partial charge in [-0.3, -0.25) is 14.9 Å². The summed E-state index contributed by atoms with van der Waals surface area (Å²) in [5.41, 5.74) is 8.77. The van der Waals surface area contributed by atoms with Gasteiger partial charge in [0.15, 0.2) is 31.3 Å². The summed E-state index contributed by atoms with van der Waals surface area (Å²) in [6.07, 6.45) is 3.72. The highest BCUT2D eigenvalue weighted by atomic mass is 28.4. The molecule has 59 heavy (non-hydrogen) atoms. The molecule has 4 rings (SSSR count). The maximum atomic E-state index is 14.4. The second-order valence-electron chi connectivity index (χ2n) is 18.1. The number of carbonyl (C=O) groups excluding carboxylic acids is 3. The molecular formula is C45H68N4O9Si. The Balaban J connectivity index is 1.41. The SMILES string of the molecule is C=C1C[C@@H](CC)N(C(=O)c2cc(OC)c(OCCCCCOc3cc(NC(=O)OC(C)(C)C)c(C(=O)N4CC(=C)C[C@H]4CO[Si](C)(C)C(C)(C)C)cc3OC)cc2N)C1. The second kappa shape index (κ2) is 19.6. The smallest absolute Gasteiger partial charge is 0.412 e. The number of rotatable bonds is 17. The second-order valence-corrected chi connectivity index (χ2v) is 22.9. The third-order valence-corrected chi connectivity index (χ3v) is 15.7. The molecule has 0 saturated carbocycles. The predicted octanol–water partition coefficient (Wildman–Crippen LogP) is 9.23. The van der Waals surface area contributed by atoms with Gasteiger partial charge in [0.2, 0.25) is 0 Å². The summed E-state index contributed by atoms with van der Waals surface area (Å²) in [5.74, 6) is 1.20. The van der Waals surface area contributed by atoms with Crippen molar-refractivity contribution in [2.45, 2.75) is 123 Å². The quantitative estimate of drug-likeness (QED) is 0.0683. The molecule has 0 spiro atoms. The molecule has 2 atom stereocenters. The largest absolute Gasteiger partial charge is 0.493 e. The summed E-state index contributed by atoms with van der Waals surface area (Å²) in [4.78, 5) is 44.4. The number of likely N-dealkylation sites (tertiary alicyclic amines) is 2. The molecule has 2 aromatic rings. The Morgan fingerprint density at radius 2 is 1.29 bits per heavy atom. The van der Waals surface area contributed by atoms with Crippen LogP contribution in [0.15, 0.2) is 48.6 Å². The van der Waals surface area contributed by atoms with Gasteiger partial charge < -0.3 is 43.6 Å². The van der Waals surface area contributed by atoms with Crippen molar-refractivity contribution in [1.29, 1.82) is 0 Å². The van der Waals surface area contributed by atoms with E-state index in [2.05, 4.69) is 59.3 Å². The first kappa shape index (κ1) is 47.0. The highest BCUT2D eigenvalue weighted by Crippen LogP contribution is 2.40. The lowest BCUT2D eigenvalue weighted by Gasteiger charge is -2.38. The lowest BCUT2D eigenvalue weighted by atomic mass is 10.1. The minimum atomic E-state index is -2.08. The molecule has 0 radical (unpaired) electrons. The van der Waals surface area contributed by atoms with E-state index in [9.17, 15) is 14.4 Å². The third-order valence-electron chi connectivity index (χ3n) is 11.2. The summed E-state index contributed by atoms with van der Waals surface area (Å²) in [5, 5.41) is 2.81. The molecule has 3 N–H and O–H groups in total. The molecule has 2 saturated heterocycles. The highest BCUT2D eigenvalue weighted by Gasteiger charge is 2.40. The first-order valence-electron chi connectivity index (χ1n) is 20.6. The number of hydrogen-bond acceptors (Lipinski definition) is 10. The number of hydrogen-bond donors (Lipinski definition) is 2. The fourth-order valence-electron chi connectivity index (χ4n) is 6.88. The molecule has 2 fully saturated rings. The van der Waals surface area contributed by atoms with E-state index < -0.39 is 20.0 Å². The normalized spacial score (nSPS) is 17.3. The summed E-state index contributed by atoms with van der Waals surface area (Å²) < 4.78 is 35.6. The zero-order valence-electron chi connectivity index (χ0n) is 37.3. The van der Waals surface area contributed by atoms with Crippen molar-refractivity contribution in [1.82, 2.24) is 9.80 Å². The molecule has 0 bridgehead atoms. The van der Waals surface area contributed by atoms with Crippen LogP contribution in [-0.4, -0.2) is 101 Å². The summed E-state index contributed by atoms with van der Waals surface area (Å²) in [6.45, 7) is 28.6. The van der Waals surface area contributed by atoms with Crippen LogP contribution in [0, 0.1) is 0 Å². The van der Waals surface area contributed by atoms with Crippen molar-refractivity contribution in [3.05, 3.63) is 59.7 Å². The van der Waals surface area contributed by atoms with Gasteiger partial charge in [-0.2, -0.15) is 0 Å². The fraction of sp³-hybridized carbons (Fsp3) is 0.578. The summed E-state index contributed by atoms with van der Waals surface area (Å²) in [6, 6.07) is 6.41. The molecule has 13 nitrogen and oxygen atoms in total. The minimum Gasteiger partial charge on any atom is -0.493 e. The molecule has 2 heterocycles. The van der Waals surface area contributed by atoms with Gasteiger partial charge in [0.1, 0.15) is 5.60 Å². The average molecular weight is 837 g/mol. The van der Waals surface area contributed by atoms with Crippen molar-refractivity contribution in [2.75, 3.05) is 58.2 Å². The van der Waals surface area contributed by atoms with Crippen LogP contribution in [0.3, 0.4) is 0 Å². The Labute approximate surface area is 352 Å². The Hall–Kier alpha value is -4.69. The highest BCUT2D eigenvalue weighted by molar-refractivity contribution is 6.74. The zero-order valence-corrected chi connectivity index (χ0v) is 38.3.